The Bertz CT molecular complexity index is 567. The maximum absolute atomic E-state index is 13.0. The minimum Gasteiger partial charge on any atom is -0.293 e. The minimum atomic E-state index is -0.391. The molecule has 0 amide bonds. The van der Waals surface area contributed by atoms with E-state index in [0.717, 1.165) is 5.01 Å². The third kappa shape index (κ3) is 2.90. The Balaban J connectivity index is 2.21. The smallest absolute Gasteiger partial charge is 0.178 e. The number of halogens is 2. The van der Waals surface area contributed by atoms with Crippen molar-refractivity contribution in [3.8, 4) is 0 Å². The number of hydrogen-bond acceptors (Lipinski definition) is 3. The van der Waals surface area contributed by atoms with Crippen molar-refractivity contribution in [3.05, 3.63) is 50.7 Å². The number of aryl methyl sites for hydroxylation is 1. The van der Waals surface area contributed by atoms with Crippen molar-refractivity contribution in [1.29, 1.82) is 0 Å². The van der Waals surface area contributed by atoms with Gasteiger partial charge in [-0.3, -0.25) is 4.79 Å². The summed E-state index contributed by atoms with van der Waals surface area (Å²) in [6.07, 6.45) is 1.63. The Labute approximate surface area is 107 Å². The first-order valence-electron chi connectivity index (χ1n) is 4.96. The molecule has 5 heteroatoms. The lowest BCUT2D eigenvalue weighted by Crippen LogP contribution is -2.02. The van der Waals surface area contributed by atoms with Crippen LogP contribution in [0.15, 0.2) is 24.4 Å². The van der Waals surface area contributed by atoms with Crippen LogP contribution in [-0.2, 0) is 6.42 Å². The molecule has 0 aliphatic rings. The fraction of sp³-hybridized carbons (Fsp3) is 0.167. The van der Waals surface area contributed by atoms with Crippen molar-refractivity contribution < 1.29 is 9.18 Å². The van der Waals surface area contributed by atoms with E-state index in [1.54, 1.807) is 0 Å². The van der Waals surface area contributed by atoms with E-state index in [-0.39, 0.29) is 12.2 Å². The van der Waals surface area contributed by atoms with Crippen molar-refractivity contribution in [2.24, 2.45) is 0 Å². The number of hydrogen-bond donors (Lipinski definition) is 0. The molecule has 0 aliphatic carbocycles. The number of aromatic nitrogens is 1. The van der Waals surface area contributed by atoms with Gasteiger partial charge in [0.05, 0.1) is 9.88 Å². The molecule has 1 aromatic heterocycles. The van der Waals surface area contributed by atoms with Gasteiger partial charge in [-0.05, 0) is 30.7 Å². The number of rotatable bonds is 3. The molecule has 88 valence electrons. The molecule has 2 aromatic rings. The fourth-order valence-electron chi connectivity index (χ4n) is 1.43. The normalized spacial score (nSPS) is 10.5. The second-order valence-corrected chi connectivity index (χ2v) is 5.22. The van der Waals surface area contributed by atoms with Gasteiger partial charge in [-0.2, -0.15) is 0 Å². The molecule has 0 aliphatic heterocycles. The molecule has 17 heavy (non-hydrogen) atoms. The van der Waals surface area contributed by atoms with Crippen LogP contribution in [0.3, 0.4) is 0 Å². The molecular weight excluding hydrogens is 261 g/mol. The van der Waals surface area contributed by atoms with Gasteiger partial charge in [0.25, 0.3) is 0 Å². The van der Waals surface area contributed by atoms with Crippen molar-refractivity contribution >= 4 is 28.7 Å². The van der Waals surface area contributed by atoms with Gasteiger partial charge in [-0.1, -0.05) is 11.6 Å². The summed E-state index contributed by atoms with van der Waals surface area (Å²) < 4.78 is 13.0. The summed E-state index contributed by atoms with van der Waals surface area (Å²) in [5, 5.41) is 1.24. The molecule has 2 nitrogen and oxygen atoms in total. The number of Topliss-reactive ketones (excluding diaryl/α,β-unsaturated/α-hetero) is 1. The third-order valence-corrected chi connectivity index (χ3v) is 3.58. The lowest BCUT2D eigenvalue weighted by molar-refractivity contribution is 0.0996. The Hall–Kier alpha value is -1.26. The van der Waals surface area contributed by atoms with E-state index in [1.807, 2.05) is 6.92 Å². The van der Waals surface area contributed by atoms with Crippen LogP contribution in [0.4, 0.5) is 4.39 Å². The molecule has 0 fully saturated rings. The maximum Gasteiger partial charge on any atom is 0.178 e. The molecule has 0 saturated carbocycles. The van der Waals surface area contributed by atoms with Gasteiger partial charge < -0.3 is 0 Å². The van der Waals surface area contributed by atoms with Gasteiger partial charge in [0, 0.05) is 17.6 Å². The van der Waals surface area contributed by atoms with Gasteiger partial charge in [0.1, 0.15) is 5.82 Å². The molecule has 2 rings (SSSR count). The average molecular weight is 270 g/mol. The van der Waals surface area contributed by atoms with Gasteiger partial charge in [0.15, 0.2) is 5.78 Å². The predicted molar refractivity (Wildman–Crippen MR) is 66.3 cm³/mol. The topological polar surface area (TPSA) is 30.0 Å². The van der Waals surface area contributed by atoms with E-state index in [1.165, 1.54) is 35.7 Å². The van der Waals surface area contributed by atoms with Gasteiger partial charge in [-0.25, -0.2) is 9.37 Å². The second-order valence-electron chi connectivity index (χ2n) is 3.58. The summed E-state index contributed by atoms with van der Waals surface area (Å²) in [6.45, 7) is 1.83. The van der Waals surface area contributed by atoms with E-state index in [9.17, 15) is 9.18 Å². The number of nitrogens with zero attached hydrogens (tertiary/aromatic N) is 1. The predicted octanol–water partition coefficient (Wildman–Crippen LogP) is 3.67. The molecular formula is C12H9ClFNOS. The summed E-state index contributed by atoms with van der Waals surface area (Å²) in [5.41, 5.74) is 0.503. The van der Waals surface area contributed by atoms with Gasteiger partial charge in [0.2, 0.25) is 0 Å². The lowest BCUT2D eigenvalue weighted by Gasteiger charge is -2.02. The van der Waals surface area contributed by atoms with E-state index in [0.29, 0.717) is 15.5 Å². The molecule has 1 aromatic carbocycles. The monoisotopic (exact) mass is 269 g/mol. The van der Waals surface area contributed by atoms with Crippen molar-refractivity contribution in [2.75, 3.05) is 0 Å². The van der Waals surface area contributed by atoms with Crippen LogP contribution in [0.5, 0.6) is 0 Å². The van der Waals surface area contributed by atoms with E-state index >= 15 is 0 Å². The number of thiazole rings is 1. The Morgan fingerprint density at radius 3 is 2.94 bits per heavy atom. The van der Waals surface area contributed by atoms with Crippen molar-refractivity contribution in [1.82, 2.24) is 4.98 Å². The lowest BCUT2D eigenvalue weighted by atomic mass is 10.1. The SMILES string of the molecule is Cc1ncc(C(=O)Cc2cc(F)ccc2Cl)s1. The molecule has 0 radical (unpaired) electrons. The first-order chi connectivity index (χ1) is 8.06. The first-order valence-corrected chi connectivity index (χ1v) is 6.15. The first kappa shape index (κ1) is 12.2. The maximum atomic E-state index is 13.0. The number of ketones is 1. The van der Waals surface area contributed by atoms with Crippen LogP contribution in [0.2, 0.25) is 5.02 Å². The molecule has 0 atom stereocenters. The molecule has 0 unspecified atom stereocenters. The number of benzene rings is 1. The molecule has 0 bridgehead atoms. The average Bonchev–Trinajstić information content (AvgIpc) is 2.70. The highest BCUT2D eigenvalue weighted by molar-refractivity contribution is 7.13. The summed E-state index contributed by atoms with van der Waals surface area (Å²) in [6, 6.07) is 4.01. The standard InChI is InChI=1S/C12H9ClFNOS/c1-7-15-6-12(17-7)11(16)5-8-4-9(14)2-3-10(8)13/h2-4,6H,5H2,1H3. The van der Waals surface area contributed by atoms with Gasteiger partial charge >= 0.3 is 0 Å². The van der Waals surface area contributed by atoms with Crippen molar-refractivity contribution in [2.45, 2.75) is 13.3 Å². The molecule has 0 N–H and O–H groups in total. The molecule has 0 spiro atoms. The number of carbonyl (C=O) groups excluding carboxylic acids is 1. The van der Waals surface area contributed by atoms with E-state index in [2.05, 4.69) is 4.98 Å². The third-order valence-electron chi connectivity index (χ3n) is 2.25. The Morgan fingerprint density at radius 1 is 1.53 bits per heavy atom. The summed E-state index contributed by atoms with van der Waals surface area (Å²) in [7, 11) is 0. The molecule has 1 heterocycles. The van der Waals surface area contributed by atoms with Crippen LogP contribution >= 0.6 is 22.9 Å². The highest BCUT2D eigenvalue weighted by atomic mass is 35.5. The van der Waals surface area contributed by atoms with Crippen LogP contribution < -0.4 is 0 Å². The largest absolute Gasteiger partial charge is 0.293 e. The summed E-state index contributed by atoms with van der Waals surface area (Å²) in [4.78, 5) is 16.5. The second kappa shape index (κ2) is 4.94. The minimum absolute atomic E-state index is 0.0944. The highest BCUT2D eigenvalue weighted by Crippen LogP contribution is 2.21. The van der Waals surface area contributed by atoms with Crippen molar-refractivity contribution in [3.63, 3.8) is 0 Å². The van der Waals surface area contributed by atoms with E-state index in [4.69, 9.17) is 11.6 Å². The van der Waals surface area contributed by atoms with Crippen LogP contribution in [0.1, 0.15) is 20.2 Å². The zero-order chi connectivity index (χ0) is 12.4. The highest BCUT2D eigenvalue weighted by Gasteiger charge is 2.12. The molecule has 0 saturated heterocycles. The zero-order valence-corrected chi connectivity index (χ0v) is 10.6. The van der Waals surface area contributed by atoms with Crippen LogP contribution in [-0.4, -0.2) is 10.8 Å². The van der Waals surface area contributed by atoms with Gasteiger partial charge in [-0.15, -0.1) is 11.3 Å². The summed E-state index contributed by atoms with van der Waals surface area (Å²) in [5.74, 6) is -0.485. The van der Waals surface area contributed by atoms with E-state index < -0.39 is 5.82 Å². The quantitative estimate of drug-likeness (QED) is 0.796. The Morgan fingerprint density at radius 2 is 2.29 bits per heavy atom. The zero-order valence-electron chi connectivity index (χ0n) is 9.04. The fourth-order valence-corrected chi connectivity index (χ4v) is 2.33. The summed E-state index contributed by atoms with van der Waals surface area (Å²) >= 11 is 7.23. The number of carbonyl (C=O) groups is 1. The van der Waals surface area contributed by atoms with Crippen LogP contribution in [0.25, 0.3) is 0 Å². The van der Waals surface area contributed by atoms with Crippen LogP contribution in [0, 0.1) is 12.7 Å². The Kier molecular flexibility index (Phi) is 3.54.